The van der Waals surface area contributed by atoms with Crippen LogP contribution in [0.3, 0.4) is 0 Å². The second-order valence-electron chi connectivity index (χ2n) is 7.22. The van der Waals surface area contributed by atoms with Crippen molar-refractivity contribution < 1.29 is 4.74 Å². The molecule has 21 heavy (non-hydrogen) atoms. The monoisotopic (exact) mass is 367 g/mol. The average Bonchev–Trinajstić information content (AvgIpc) is 2.71. The first-order valence-corrected chi connectivity index (χ1v) is 8.72. The molecule has 0 heterocycles. The summed E-state index contributed by atoms with van der Waals surface area (Å²) in [5.41, 5.74) is 7.24. The Hall–Kier alpha value is -0.610. The molecule has 2 nitrogen and oxygen atoms in total. The summed E-state index contributed by atoms with van der Waals surface area (Å²) in [5, 5.41) is 0. The number of hydrogen-bond acceptors (Lipinski definition) is 2. The fourth-order valence-electron chi connectivity index (χ4n) is 4.26. The fourth-order valence-corrected chi connectivity index (χ4v) is 4.77. The van der Waals surface area contributed by atoms with E-state index in [1.54, 1.807) is 0 Å². The third-order valence-electron chi connectivity index (χ3n) is 6.19. The minimum absolute atomic E-state index is 0.230. The van der Waals surface area contributed by atoms with Crippen molar-refractivity contribution in [1.82, 2.24) is 0 Å². The molecule has 4 heteroatoms. The molecule has 0 spiro atoms. The van der Waals surface area contributed by atoms with Gasteiger partial charge in [-0.15, -0.1) is 0 Å². The van der Waals surface area contributed by atoms with Gasteiger partial charge in [0.15, 0.2) is 0 Å². The van der Waals surface area contributed by atoms with Crippen molar-refractivity contribution in [3.8, 4) is 5.75 Å². The maximum atomic E-state index is 6.42. The first-order valence-electron chi connectivity index (χ1n) is 7.52. The van der Waals surface area contributed by atoms with Crippen molar-refractivity contribution in [3.05, 3.63) is 28.2 Å². The molecule has 2 saturated carbocycles. The van der Waals surface area contributed by atoms with E-state index in [2.05, 4.69) is 36.7 Å². The smallest absolute Gasteiger partial charge is 0.131 e. The van der Waals surface area contributed by atoms with Crippen LogP contribution in [0.1, 0.15) is 45.6 Å². The molecule has 1 aromatic carbocycles. The van der Waals surface area contributed by atoms with Crippen LogP contribution in [0.4, 0.5) is 0 Å². The molecule has 2 N–H and O–H groups in total. The Bertz CT molecular complexity index is 600. The van der Waals surface area contributed by atoms with Gasteiger partial charge in [0, 0.05) is 9.89 Å². The van der Waals surface area contributed by atoms with E-state index in [-0.39, 0.29) is 11.5 Å². The van der Waals surface area contributed by atoms with Crippen LogP contribution in [0.5, 0.6) is 5.75 Å². The Labute approximate surface area is 140 Å². The molecular formula is C17H22BrNOS. The SMILES string of the molecule is CC1(C)C2CCC1(C)C(Oc1cc(Br)ccc1C(N)=S)C2. The number of ether oxygens (including phenoxy) is 1. The van der Waals surface area contributed by atoms with E-state index in [1.807, 2.05) is 18.2 Å². The van der Waals surface area contributed by atoms with Crippen molar-refractivity contribution in [2.24, 2.45) is 22.5 Å². The van der Waals surface area contributed by atoms with E-state index in [0.717, 1.165) is 28.1 Å². The number of halogens is 1. The Kier molecular flexibility index (Phi) is 3.61. The summed E-state index contributed by atoms with van der Waals surface area (Å²) in [6.45, 7) is 7.16. The van der Waals surface area contributed by atoms with Gasteiger partial charge in [-0.3, -0.25) is 0 Å². The highest BCUT2D eigenvalue weighted by Crippen LogP contribution is 2.66. The predicted molar refractivity (Wildman–Crippen MR) is 93.7 cm³/mol. The molecule has 2 aliphatic rings. The van der Waals surface area contributed by atoms with Crippen molar-refractivity contribution in [2.45, 2.75) is 46.1 Å². The highest BCUT2D eigenvalue weighted by atomic mass is 79.9. The van der Waals surface area contributed by atoms with Gasteiger partial charge in [0.25, 0.3) is 0 Å². The summed E-state index contributed by atoms with van der Waals surface area (Å²) < 4.78 is 7.41. The minimum Gasteiger partial charge on any atom is -0.489 e. The van der Waals surface area contributed by atoms with Gasteiger partial charge in [0.1, 0.15) is 16.8 Å². The lowest BCUT2D eigenvalue weighted by molar-refractivity contribution is 0.0300. The predicted octanol–water partition coefficient (Wildman–Crippen LogP) is 4.68. The van der Waals surface area contributed by atoms with Crippen LogP contribution in [0.25, 0.3) is 0 Å². The van der Waals surface area contributed by atoms with Crippen LogP contribution in [-0.2, 0) is 0 Å². The molecule has 0 amide bonds. The number of thiocarbonyl (C=S) groups is 1. The van der Waals surface area contributed by atoms with Crippen molar-refractivity contribution in [1.29, 1.82) is 0 Å². The van der Waals surface area contributed by atoms with Gasteiger partial charge in [-0.1, -0.05) is 48.9 Å². The number of rotatable bonds is 3. The van der Waals surface area contributed by atoms with Crippen molar-refractivity contribution in [2.75, 3.05) is 0 Å². The largest absolute Gasteiger partial charge is 0.489 e. The summed E-state index contributed by atoms with van der Waals surface area (Å²) in [5.74, 6) is 1.57. The van der Waals surface area contributed by atoms with Gasteiger partial charge in [0.05, 0.1) is 5.56 Å². The Morgan fingerprint density at radius 2 is 2.10 bits per heavy atom. The molecule has 0 aromatic heterocycles. The van der Waals surface area contributed by atoms with Crippen LogP contribution in [0.15, 0.2) is 22.7 Å². The molecule has 2 aliphatic carbocycles. The highest BCUT2D eigenvalue weighted by molar-refractivity contribution is 9.10. The van der Waals surface area contributed by atoms with Crippen LogP contribution in [-0.4, -0.2) is 11.1 Å². The van der Waals surface area contributed by atoms with Crippen LogP contribution < -0.4 is 10.5 Å². The fraction of sp³-hybridized carbons (Fsp3) is 0.588. The van der Waals surface area contributed by atoms with Gasteiger partial charge >= 0.3 is 0 Å². The molecule has 0 radical (unpaired) electrons. The third-order valence-corrected chi connectivity index (χ3v) is 6.91. The molecular weight excluding hydrogens is 346 g/mol. The van der Waals surface area contributed by atoms with E-state index in [1.165, 1.54) is 12.8 Å². The number of fused-ring (bicyclic) bond motifs is 2. The van der Waals surface area contributed by atoms with Crippen LogP contribution in [0.2, 0.25) is 0 Å². The molecule has 0 aliphatic heterocycles. The standard InChI is InChI=1S/C17H22BrNOS/c1-16(2)10-6-7-17(16,3)14(8-10)20-13-9-11(18)4-5-12(13)15(19)21/h4-5,9-10,14H,6-8H2,1-3H3,(H2,19,21). The highest BCUT2D eigenvalue weighted by Gasteiger charge is 2.62. The van der Waals surface area contributed by atoms with E-state index in [0.29, 0.717) is 10.4 Å². The minimum atomic E-state index is 0.230. The Balaban J connectivity index is 1.92. The summed E-state index contributed by atoms with van der Waals surface area (Å²) in [7, 11) is 0. The molecule has 3 atom stereocenters. The summed E-state index contributed by atoms with van der Waals surface area (Å²) in [6.07, 6.45) is 3.94. The summed E-state index contributed by atoms with van der Waals surface area (Å²) >= 11 is 8.66. The Morgan fingerprint density at radius 3 is 2.62 bits per heavy atom. The van der Waals surface area contributed by atoms with Gasteiger partial charge in [-0.25, -0.2) is 0 Å². The van der Waals surface area contributed by atoms with Crippen LogP contribution in [0, 0.1) is 16.7 Å². The summed E-state index contributed by atoms with van der Waals surface area (Å²) in [4.78, 5) is 0.394. The quantitative estimate of drug-likeness (QED) is 0.787. The van der Waals surface area contributed by atoms with Gasteiger partial charge in [-0.2, -0.15) is 0 Å². The first kappa shape index (κ1) is 15.3. The molecule has 114 valence electrons. The molecule has 1 aromatic rings. The maximum absolute atomic E-state index is 6.42. The molecule has 0 saturated heterocycles. The zero-order valence-corrected chi connectivity index (χ0v) is 15.2. The number of nitrogens with two attached hydrogens (primary N) is 1. The van der Waals surface area contributed by atoms with Crippen molar-refractivity contribution >= 4 is 33.1 Å². The van der Waals surface area contributed by atoms with E-state index in [9.17, 15) is 0 Å². The second-order valence-corrected chi connectivity index (χ2v) is 8.58. The number of benzene rings is 1. The zero-order chi connectivity index (χ0) is 15.4. The Morgan fingerprint density at radius 1 is 1.38 bits per heavy atom. The van der Waals surface area contributed by atoms with Crippen LogP contribution >= 0.6 is 28.1 Å². The van der Waals surface area contributed by atoms with E-state index >= 15 is 0 Å². The maximum Gasteiger partial charge on any atom is 0.131 e. The lowest BCUT2D eigenvalue weighted by Crippen LogP contribution is -2.39. The van der Waals surface area contributed by atoms with Crippen molar-refractivity contribution in [3.63, 3.8) is 0 Å². The number of hydrogen-bond donors (Lipinski definition) is 1. The topological polar surface area (TPSA) is 35.2 Å². The van der Waals surface area contributed by atoms with Gasteiger partial charge < -0.3 is 10.5 Å². The normalized spacial score (nSPS) is 33.1. The third kappa shape index (κ3) is 2.22. The van der Waals surface area contributed by atoms with Gasteiger partial charge in [-0.05, 0) is 48.8 Å². The summed E-state index contributed by atoms with van der Waals surface area (Å²) in [6, 6.07) is 5.87. The molecule has 2 bridgehead atoms. The van der Waals surface area contributed by atoms with E-state index in [4.69, 9.17) is 22.7 Å². The zero-order valence-electron chi connectivity index (χ0n) is 12.8. The average molecular weight is 368 g/mol. The first-order chi connectivity index (χ1) is 9.75. The second kappa shape index (κ2) is 4.95. The molecule has 3 unspecified atom stereocenters. The van der Waals surface area contributed by atoms with E-state index < -0.39 is 0 Å². The van der Waals surface area contributed by atoms with Gasteiger partial charge in [0.2, 0.25) is 0 Å². The lowest BCUT2D eigenvalue weighted by atomic mass is 9.70. The lowest BCUT2D eigenvalue weighted by Gasteiger charge is -2.39. The molecule has 3 rings (SSSR count). The molecule has 2 fully saturated rings.